The summed E-state index contributed by atoms with van der Waals surface area (Å²) in [7, 11) is 1.41. The summed E-state index contributed by atoms with van der Waals surface area (Å²) in [5.41, 5.74) is 0. The fourth-order valence-electron chi connectivity index (χ4n) is 1.43. The Kier molecular flexibility index (Phi) is 5.45. The number of rotatable bonds is 5. The predicted octanol–water partition coefficient (Wildman–Crippen LogP) is 1.55. The Bertz CT molecular complexity index is 94.4. The Hall–Kier alpha value is 0.620. The average molecular weight is 192 g/mol. The van der Waals surface area contributed by atoms with E-state index in [1.807, 2.05) is 0 Å². The molecule has 1 heterocycles. The van der Waals surface area contributed by atoms with Gasteiger partial charge in [-0.15, -0.1) is 0 Å². The summed E-state index contributed by atoms with van der Waals surface area (Å²) in [6.45, 7) is 4.95. The van der Waals surface area contributed by atoms with E-state index in [4.69, 9.17) is 0 Å². The monoisotopic (exact) mass is 192 g/mol. The van der Waals surface area contributed by atoms with Crippen molar-refractivity contribution in [3.05, 3.63) is 0 Å². The van der Waals surface area contributed by atoms with Crippen molar-refractivity contribution in [3.8, 4) is 0 Å². The molecule has 0 aromatic heterocycles. The van der Waals surface area contributed by atoms with Crippen LogP contribution >= 0.6 is 22.6 Å². The molecule has 0 amide bonds. The van der Waals surface area contributed by atoms with Crippen molar-refractivity contribution in [2.24, 2.45) is 0 Å². The van der Waals surface area contributed by atoms with Gasteiger partial charge in [-0.1, -0.05) is 11.7 Å². The molecule has 0 aromatic rings. The van der Waals surface area contributed by atoms with Crippen molar-refractivity contribution in [3.63, 3.8) is 0 Å². The number of hydrogen-bond acceptors (Lipinski definition) is 4. The number of likely N-dealkylation sites (tertiary alicyclic amines) is 1. The van der Waals surface area contributed by atoms with E-state index < -0.39 is 0 Å². The van der Waals surface area contributed by atoms with Gasteiger partial charge in [-0.25, -0.2) is 0 Å². The number of hydrogen-bond donors (Lipinski definition) is 2. The Labute approximate surface area is 78.0 Å². The zero-order valence-corrected chi connectivity index (χ0v) is 8.46. The summed E-state index contributed by atoms with van der Waals surface area (Å²) < 4.78 is 3.13. The molecule has 0 bridgehead atoms. The van der Waals surface area contributed by atoms with Crippen LogP contribution < -0.4 is 4.72 Å². The molecule has 0 spiro atoms. The Morgan fingerprint density at radius 3 is 2.73 bits per heavy atom. The van der Waals surface area contributed by atoms with Crippen molar-refractivity contribution in [1.29, 1.82) is 0 Å². The van der Waals surface area contributed by atoms with E-state index in [-0.39, 0.29) is 0 Å². The van der Waals surface area contributed by atoms with Gasteiger partial charge >= 0.3 is 0 Å². The summed E-state index contributed by atoms with van der Waals surface area (Å²) in [6, 6.07) is 0. The summed E-state index contributed by atoms with van der Waals surface area (Å²) in [5, 5.41) is 0. The number of thiol groups is 1. The maximum Gasteiger partial charge on any atom is 0.00785 e. The van der Waals surface area contributed by atoms with E-state index >= 15 is 0 Å². The van der Waals surface area contributed by atoms with Gasteiger partial charge in [0, 0.05) is 6.54 Å². The van der Waals surface area contributed by atoms with Crippen LogP contribution in [0.15, 0.2) is 0 Å². The van der Waals surface area contributed by atoms with Crippen LogP contribution in [0.3, 0.4) is 0 Å². The molecule has 0 atom stereocenters. The Morgan fingerprint density at radius 2 is 2.09 bits per heavy atom. The minimum absolute atomic E-state index is 1.07. The van der Waals surface area contributed by atoms with Crippen LogP contribution in [0.1, 0.15) is 19.3 Å². The lowest BCUT2D eigenvalue weighted by Gasteiger charge is -2.13. The number of nitrogens with one attached hydrogen (secondary N) is 1. The average Bonchev–Trinajstić information content (AvgIpc) is 2.50. The summed E-state index contributed by atoms with van der Waals surface area (Å²) in [4.78, 5) is 2.53. The normalized spacial score (nSPS) is 19.4. The van der Waals surface area contributed by atoms with Gasteiger partial charge in [0.05, 0.1) is 0 Å². The molecule has 0 saturated carbocycles. The lowest BCUT2D eigenvalue weighted by Crippen LogP contribution is -2.22. The van der Waals surface area contributed by atoms with E-state index in [2.05, 4.69) is 21.3 Å². The molecule has 1 saturated heterocycles. The molecule has 2 nitrogen and oxygen atoms in total. The largest absolute Gasteiger partial charge is 0.303 e. The highest BCUT2D eigenvalue weighted by Gasteiger charge is 2.09. The fraction of sp³-hybridized carbons (Fsp3) is 1.00. The van der Waals surface area contributed by atoms with E-state index in [1.54, 1.807) is 0 Å². The van der Waals surface area contributed by atoms with Gasteiger partial charge in [-0.3, -0.25) is 4.72 Å². The van der Waals surface area contributed by atoms with Crippen LogP contribution in [-0.4, -0.2) is 31.1 Å². The first-order valence-corrected chi connectivity index (χ1v) is 6.06. The molecular weight excluding hydrogens is 176 g/mol. The van der Waals surface area contributed by atoms with Crippen molar-refractivity contribution in [2.75, 3.05) is 26.2 Å². The van der Waals surface area contributed by atoms with Gasteiger partial charge in [0.25, 0.3) is 0 Å². The molecule has 11 heavy (non-hydrogen) atoms. The second-order valence-electron chi connectivity index (χ2n) is 2.89. The third kappa shape index (κ3) is 4.25. The molecule has 0 radical (unpaired) electrons. The number of nitrogens with zero attached hydrogens (tertiary/aromatic N) is 1. The Morgan fingerprint density at radius 1 is 1.36 bits per heavy atom. The topological polar surface area (TPSA) is 15.3 Å². The third-order valence-corrected chi connectivity index (χ3v) is 2.74. The second kappa shape index (κ2) is 6.17. The smallest absolute Gasteiger partial charge is 0.00785 e. The molecule has 1 aliphatic heterocycles. The van der Waals surface area contributed by atoms with Crippen molar-refractivity contribution < 1.29 is 0 Å². The van der Waals surface area contributed by atoms with Gasteiger partial charge in [0.15, 0.2) is 0 Å². The molecule has 1 fully saturated rings. The molecule has 1 rings (SSSR count). The Balaban J connectivity index is 1.86. The van der Waals surface area contributed by atoms with Crippen molar-refractivity contribution >= 4 is 22.6 Å². The SMILES string of the molecule is SSNCCCN1CCCC1. The van der Waals surface area contributed by atoms with Gasteiger partial charge in [-0.05, 0) is 49.9 Å². The highest BCUT2D eigenvalue weighted by Crippen LogP contribution is 2.07. The summed E-state index contributed by atoms with van der Waals surface area (Å²) in [5.74, 6) is 0. The molecule has 0 aromatic carbocycles. The third-order valence-electron chi connectivity index (χ3n) is 2.02. The van der Waals surface area contributed by atoms with E-state index in [1.165, 1.54) is 49.9 Å². The van der Waals surface area contributed by atoms with Crippen LogP contribution in [-0.2, 0) is 0 Å². The van der Waals surface area contributed by atoms with Crippen LogP contribution in [0.5, 0.6) is 0 Å². The predicted molar refractivity (Wildman–Crippen MR) is 54.9 cm³/mol. The summed E-state index contributed by atoms with van der Waals surface area (Å²) >= 11 is 4.00. The molecule has 1 N–H and O–H groups in total. The van der Waals surface area contributed by atoms with Crippen LogP contribution in [0.25, 0.3) is 0 Å². The zero-order valence-electron chi connectivity index (χ0n) is 6.75. The zero-order chi connectivity index (χ0) is 7.94. The lowest BCUT2D eigenvalue weighted by atomic mass is 10.4. The van der Waals surface area contributed by atoms with E-state index in [0.717, 1.165) is 6.54 Å². The summed E-state index contributed by atoms with van der Waals surface area (Å²) in [6.07, 6.45) is 4.04. The first-order chi connectivity index (χ1) is 5.43. The maximum atomic E-state index is 4.00. The molecular formula is C7H16N2S2. The highest BCUT2D eigenvalue weighted by molar-refractivity contribution is 8.67. The minimum atomic E-state index is 1.07. The fourth-order valence-corrected chi connectivity index (χ4v) is 1.94. The van der Waals surface area contributed by atoms with Crippen molar-refractivity contribution in [2.45, 2.75) is 19.3 Å². The van der Waals surface area contributed by atoms with Gasteiger partial charge in [-0.2, -0.15) is 0 Å². The van der Waals surface area contributed by atoms with E-state index in [0.29, 0.717) is 0 Å². The maximum absolute atomic E-state index is 4.00. The van der Waals surface area contributed by atoms with Crippen LogP contribution in [0, 0.1) is 0 Å². The lowest BCUT2D eigenvalue weighted by molar-refractivity contribution is 0.335. The molecule has 4 heteroatoms. The van der Waals surface area contributed by atoms with Crippen molar-refractivity contribution in [1.82, 2.24) is 9.62 Å². The highest BCUT2D eigenvalue weighted by atomic mass is 33.1. The van der Waals surface area contributed by atoms with E-state index in [9.17, 15) is 0 Å². The first-order valence-electron chi connectivity index (χ1n) is 4.19. The second-order valence-corrected chi connectivity index (χ2v) is 3.91. The molecule has 1 aliphatic rings. The first kappa shape index (κ1) is 9.71. The standard InChI is InChI=1S/C7H16N2S2/c10-11-8-4-3-7-9-5-1-2-6-9/h8,10H,1-7H2. The van der Waals surface area contributed by atoms with Crippen LogP contribution in [0.2, 0.25) is 0 Å². The molecule has 0 aliphatic carbocycles. The quantitative estimate of drug-likeness (QED) is 0.298. The minimum Gasteiger partial charge on any atom is -0.303 e. The van der Waals surface area contributed by atoms with Gasteiger partial charge in [0.2, 0.25) is 0 Å². The molecule has 66 valence electrons. The van der Waals surface area contributed by atoms with Gasteiger partial charge in [0.1, 0.15) is 0 Å². The molecule has 0 unspecified atom stereocenters. The van der Waals surface area contributed by atoms with Crippen LogP contribution in [0.4, 0.5) is 0 Å². The van der Waals surface area contributed by atoms with Gasteiger partial charge < -0.3 is 4.90 Å².